The van der Waals surface area contributed by atoms with E-state index in [0.29, 0.717) is 13.2 Å². The quantitative estimate of drug-likeness (QED) is 0.673. The summed E-state index contributed by atoms with van der Waals surface area (Å²) in [6, 6.07) is 0.0926. The molecule has 1 aliphatic heterocycles. The summed E-state index contributed by atoms with van der Waals surface area (Å²) in [7, 11) is 1.67. The molecule has 0 aromatic rings. The van der Waals surface area contributed by atoms with Crippen LogP contribution in [-0.2, 0) is 9.47 Å². The van der Waals surface area contributed by atoms with Crippen LogP contribution in [0.15, 0.2) is 0 Å². The second kappa shape index (κ2) is 10.1. The molecular formula is C13H26N2O3. The summed E-state index contributed by atoms with van der Waals surface area (Å²) >= 11 is 0. The van der Waals surface area contributed by atoms with Crippen molar-refractivity contribution in [1.82, 2.24) is 10.2 Å². The first kappa shape index (κ1) is 15.2. The average molecular weight is 258 g/mol. The van der Waals surface area contributed by atoms with Crippen molar-refractivity contribution < 1.29 is 14.3 Å². The summed E-state index contributed by atoms with van der Waals surface area (Å²) in [5, 5.41) is 2.96. The molecule has 1 fully saturated rings. The Bertz CT molecular complexity index is 218. The number of carbonyl (C=O) groups is 1. The van der Waals surface area contributed by atoms with Crippen LogP contribution in [0, 0.1) is 0 Å². The number of hydrogen-bond donors (Lipinski definition) is 1. The first-order valence-corrected chi connectivity index (χ1v) is 6.94. The Morgan fingerprint density at radius 2 is 1.89 bits per heavy atom. The van der Waals surface area contributed by atoms with E-state index >= 15 is 0 Å². The maximum absolute atomic E-state index is 11.7. The summed E-state index contributed by atoms with van der Waals surface area (Å²) in [6.45, 7) is 4.59. The Labute approximate surface area is 110 Å². The maximum atomic E-state index is 11.7. The zero-order valence-electron chi connectivity index (χ0n) is 11.5. The van der Waals surface area contributed by atoms with E-state index in [9.17, 15) is 4.79 Å². The van der Waals surface area contributed by atoms with Crippen LogP contribution in [0.3, 0.4) is 0 Å². The van der Waals surface area contributed by atoms with Crippen molar-refractivity contribution >= 4 is 6.03 Å². The molecule has 0 atom stereocenters. The lowest BCUT2D eigenvalue weighted by molar-refractivity contribution is 0.0688. The van der Waals surface area contributed by atoms with Gasteiger partial charge in [0.05, 0.1) is 13.2 Å². The zero-order chi connectivity index (χ0) is 13.1. The Balaban J connectivity index is 1.89. The summed E-state index contributed by atoms with van der Waals surface area (Å²) in [5.41, 5.74) is 0. The van der Waals surface area contributed by atoms with Crippen LogP contribution < -0.4 is 5.32 Å². The predicted octanol–water partition coefficient (Wildman–Crippen LogP) is 1.63. The standard InChI is InChI=1S/C13H26N2O3/c1-17-11-12-18-10-6-3-7-14-13(16)15-8-4-2-5-9-15/h2-12H2,1H3,(H,14,16). The number of methoxy groups -OCH3 is 1. The van der Waals surface area contributed by atoms with Crippen LogP contribution in [0.2, 0.25) is 0 Å². The summed E-state index contributed by atoms with van der Waals surface area (Å²) < 4.78 is 10.2. The van der Waals surface area contributed by atoms with Gasteiger partial charge in [-0.1, -0.05) is 0 Å². The van der Waals surface area contributed by atoms with Crippen LogP contribution in [0.25, 0.3) is 0 Å². The lowest BCUT2D eigenvalue weighted by atomic mass is 10.1. The molecule has 5 heteroatoms. The highest BCUT2D eigenvalue weighted by molar-refractivity contribution is 5.74. The molecule has 18 heavy (non-hydrogen) atoms. The zero-order valence-corrected chi connectivity index (χ0v) is 11.5. The number of amides is 2. The summed E-state index contributed by atoms with van der Waals surface area (Å²) in [5.74, 6) is 0. The molecular weight excluding hydrogens is 232 g/mol. The number of rotatable bonds is 8. The third kappa shape index (κ3) is 6.81. The number of hydrogen-bond acceptors (Lipinski definition) is 3. The molecule has 2 amide bonds. The maximum Gasteiger partial charge on any atom is 0.317 e. The van der Waals surface area contributed by atoms with Gasteiger partial charge in [0.2, 0.25) is 0 Å². The minimum atomic E-state index is 0.0926. The monoisotopic (exact) mass is 258 g/mol. The summed E-state index contributed by atoms with van der Waals surface area (Å²) in [6.07, 6.45) is 5.47. The van der Waals surface area contributed by atoms with E-state index in [1.165, 1.54) is 6.42 Å². The molecule has 1 heterocycles. The Hall–Kier alpha value is -0.810. The Morgan fingerprint density at radius 1 is 1.11 bits per heavy atom. The molecule has 106 valence electrons. The lowest BCUT2D eigenvalue weighted by Crippen LogP contribution is -2.43. The highest BCUT2D eigenvalue weighted by Crippen LogP contribution is 2.08. The first-order chi connectivity index (χ1) is 8.84. The van der Waals surface area contributed by atoms with Gasteiger partial charge in [-0.25, -0.2) is 4.79 Å². The van der Waals surface area contributed by atoms with Gasteiger partial charge in [0.15, 0.2) is 0 Å². The largest absolute Gasteiger partial charge is 0.382 e. The number of urea groups is 1. The van der Waals surface area contributed by atoms with Gasteiger partial charge >= 0.3 is 6.03 Å². The molecule has 0 aromatic heterocycles. The number of ether oxygens (including phenoxy) is 2. The van der Waals surface area contributed by atoms with Gasteiger partial charge in [0.25, 0.3) is 0 Å². The molecule has 1 saturated heterocycles. The van der Waals surface area contributed by atoms with Crippen LogP contribution in [0.1, 0.15) is 32.1 Å². The topological polar surface area (TPSA) is 50.8 Å². The van der Waals surface area contributed by atoms with Crippen molar-refractivity contribution in [3.05, 3.63) is 0 Å². The van der Waals surface area contributed by atoms with E-state index in [1.54, 1.807) is 7.11 Å². The number of likely N-dealkylation sites (tertiary alicyclic amines) is 1. The SMILES string of the molecule is COCCOCCCCNC(=O)N1CCCCC1. The second-order valence-corrected chi connectivity index (χ2v) is 4.59. The number of piperidine rings is 1. The molecule has 0 spiro atoms. The van der Waals surface area contributed by atoms with Crippen molar-refractivity contribution in [3.63, 3.8) is 0 Å². The lowest BCUT2D eigenvalue weighted by Gasteiger charge is -2.26. The third-order valence-electron chi connectivity index (χ3n) is 3.07. The number of carbonyl (C=O) groups excluding carboxylic acids is 1. The molecule has 5 nitrogen and oxygen atoms in total. The van der Waals surface area contributed by atoms with E-state index in [0.717, 1.165) is 51.9 Å². The predicted molar refractivity (Wildman–Crippen MR) is 70.8 cm³/mol. The molecule has 1 N–H and O–H groups in total. The summed E-state index contributed by atoms with van der Waals surface area (Å²) in [4.78, 5) is 13.7. The van der Waals surface area contributed by atoms with E-state index in [2.05, 4.69) is 5.32 Å². The van der Waals surface area contributed by atoms with Crippen molar-refractivity contribution in [2.45, 2.75) is 32.1 Å². The van der Waals surface area contributed by atoms with Crippen LogP contribution in [0.5, 0.6) is 0 Å². The Morgan fingerprint density at radius 3 is 2.61 bits per heavy atom. The molecule has 0 aromatic carbocycles. The molecule has 0 unspecified atom stereocenters. The van der Waals surface area contributed by atoms with Gasteiger partial charge in [-0.3, -0.25) is 0 Å². The smallest absolute Gasteiger partial charge is 0.317 e. The minimum Gasteiger partial charge on any atom is -0.382 e. The normalized spacial score (nSPS) is 15.7. The van der Waals surface area contributed by atoms with E-state index in [1.807, 2.05) is 4.90 Å². The van der Waals surface area contributed by atoms with Gasteiger partial charge in [-0.05, 0) is 32.1 Å². The fraction of sp³-hybridized carbons (Fsp3) is 0.923. The highest BCUT2D eigenvalue weighted by Gasteiger charge is 2.15. The fourth-order valence-corrected chi connectivity index (χ4v) is 1.98. The van der Waals surface area contributed by atoms with Gasteiger partial charge in [-0.2, -0.15) is 0 Å². The van der Waals surface area contributed by atoms with Crippen molar-refractivity contribution in [3.8, 4) is 0 Å². The average Bonchev–Trinajstić information content (AvgIpc) is 2.42. The van der Waals surface area contributed by atoms with Crippen molar-refractivity contribution in [2.24, 2.45) is 0 Å². The Kier molecular flexibility index (Phi) is 8.59. The molecule has 0 saturated carbocycles. The van der Waals surface area contributed by atoms with E-state index in [-0.39, 0.29) is 6.03 Å². The van der Waals surface area contributed by atoms with Crippen LogP contribution >= 0.6 is 0 Å². The molecule has 0 aliphatic carbocycles. The number of nitrogens with one attached hydrogen (secondary N) is 1. The van der Waals surface area contributed by atoms with Gasteiger partial charge in [-0.15, -0.1) is 0 Å². The van der Waals surface area contributed by atoms with Gasteiger partial charge < -0.3 is 19.7 Å². The van der Waals surface area contributed by atoms with Crippen LogP contribution in [-0.4, -0.2) is 57.5 Å². The second-order valence-electron chi connectivity index (χ2n) is 4.59. The van der Waals surface area contributed by atoms with Crippen molar-refractivity contribution in [1.29, 1.82) is 0 Å². The molecule has 0 bridgehead atoms. The first-order valence-electron chi connectivity index (χ1n) is 6.94. The highest BCUT2D eigenvalue weighted by atomic mass is 16.5. The van der Waals surface area contributed by atoms with E-state index < -0.39 is 0 Å². The molecule has 0 radical (unpaired) electrons. The fourth-order valence-electron chi connectivity index (χ4n) is 1.98. The number of nitrogens with zero attached hydrogens (tertiary/aromatic N) is 1. The molecule has 1 rings (SSSR count). The van der Waals surface area contributed by atoms with Crippen LogP contribution in [0.4, 0.5) is 4.79 Å². The van der Waals surface area contributed by atoms with Gasteiger partial charge in [0, 0.05) is 33.4 Å². The number of unbranched alkanes of at least 4 members (excludes halogenated alkanes) is 1. The minimum absolute atomic E-state index is 0.0926. The van der Waals surface area contributed by atoms with Crippen molar-refractivity contribution in [2.75, 3.05) is 46.6 Å². The molecule has 1 aliphatic rings. The third-order valence-corrected chi connectivity index (χ3v) is 3.07. The van der Waals surface area contributed by atoms with Gasteiger partial charge in [0.1, 0.15) is 0 Å². The van der Waals surface area contributed by atoms with E-state index in [4.69, 9.17) is 9.47 Å².